The number of fused-ring (bicyclic) bond motifs is 11. The van der Waals surface area contributed by atoms with E-state index in [0.29, 0.717) is 0 Å². The Kier molecular flexibility index (Phi) is 5.50. The van der Waals surface area contributed by atoms with E-state index >= 15 is 0 Å². The van der Waals surface area contributed by atoms with E-state index < -0.39 is 0 Å². The molecule has 3 aliphatic rings. The third-order valence-corrected chi connectivity index (χ3v) is 8.80. The molecule has 1 heteroatoms. The Bertz CT molecular complexity index is 1860. The average Bonchev–Trinajstić information content (AvgIpc) is 3.67. The monoisotopic (exact) mass is 523 g/mol. The Labute approximate surface area is 241 Å². The first-order valence-electron chi connectivity index (χ1n) is 14.3. The van der Waals surface area contributed by atoms with Gasteiger partial charge in [0.1, 0.15) is 0 Å². The molecule has 1 spiro atoms. The topological polar surface area (TPSA) is 12.0 Å². The molecule has 0 heterocycles. The van der Waals surface area contributed by atoms with Crippen LogP contribution in [0.4, 0.5) is 11.4 Å². The van der Waals surface area contributed by atoms with Crippen molar-refractivity contribution in [2.75, 3.05) is 5.32 Å². The van der Waals surface area contributed by atoms with Crippen LogP contribution in [-0.2, 0) is 11.8 Å². The summed E-state index contributed by atoms with van der Waals surface area (Å²) in [4.78, 5) is 0. The number of nitrogens with one attached hydrogen (secondary N) is 1. The first kappa shape index (κ1) is 23.7. The fraction of sp³-hybridized carbons (Fsp3) is 0.0500. The molecule has 0 atom stereocenters. The molecule has 0 bridgehead atoms. The second-order valence-corrected chi connectivity index (χ2v) is 10.9. The number of anilines is 2. The van der Waals surface area contributed by atoms with Gasteiger partial charge < -0.3 is 5.32 Å². The Balaban J connectivity index is 0.000000382. The van der Waals surface area contributed by atoms with Crippen molar-refractivity contribution < 1.29 is 0 Å². The summed E-state index contributed by atoms with van der Waals surface area (Å²) in [5.41, 5.74) is 16.1. The molecule has 0 aliphatic heterocycles. The Morgan fingerprint density at radius 3 is 1.61 bits per heavy atom. The molecule has 3 aliphatic carbocycles. The fourth-order valence-electron chi connectivity index (χ4n) is 7.28. The molecule has 6 aromatic carbocycles. The maximum absolute atomic E-state index is 3.77. The van der Waals surface area contributed by atoms with E-state index in [4.69, 9.17) is 0 Å². The zero-order chi connectivity index (χ0) is 27.2. The standard InChI is InChI=1S/C34H23N.C6H6/c1-2-12-23(13-3-1)35-31-20-10-19-29-33(31)32-24-14-5-4-11-22(24)21-30(32)34(29)27-17-8-6-15-25(27)26-16-7-9-18-28(26)34;1-2-4-6-5-3-1/h1-20,35H,21H2;1-6H. The number of hydrogen-bond donors (Lipinski definition) is 1. The Morgan fingerprint density at radius 1 is 0.439 bits per heavy atom. The van der Waals surface area contributed by atoms with Crippen LogP contribution >= 0.6 is 0 Å². The molecular formula is C40H29N. The minimum atomic E-state index is -0.259. The SMILES string of the molecule is c1ccc(Nc2cccc3c2C2=C(Cc4ccccc42)C32c3ccccc3-c3ccccc32)cc1.c1ccccc1. The van der Waals surface area contributed by atoms with Crippen molar-refractivity contribution in [1.29, 1.82) is 0 Å². The van der Waals surface area contributed by atoms with Crippen LogP contribution < -0.4 is 5.32 Å². The van der Waals surface area contributed by atoms with E-state index in [9.17, 15) is 0 Å². The highest BCUT2D eigenvalue weighted by molar-refractivity contribution is 6.04. The third-order valence-electron chi connectivity index (χ3n) is 8.80. The van der Waals surface area contributed by atoms with Crippen LogP contribution in [-0.4, -0.2) is 0 Å². The summed E-state index contributed by atoms with van der Waals surface area (Å²) in [6.07, 6.45) is 0.980. The molecule has 1 N–H and O–H groups in total. The zero-order valence-corrected chi connectivity index (χ0v) is 22.7. The van der Waals surface area contributed by atoms with Crippen molar-refractivity contribution in [3.8, 4) is 11.1 Å². The van der Waals surface area contributed by atoms with Crippen molar-refractivity contribution >= 4 is 16.9 Å². The molecule has 1 nitrogen and oxygen atoms in total. The number of benzene rings is 6. The van der Waals surface area contributed by atoms with Crippen LogP contribution in [0.1, 0.15) is 33.4 Å². The molecule has 194 valence electrons. The summed E-state index contributed by atoms with van der Waals surface area (Å²) in [7, 11) is 0. The normalized spacial score (nSPS) is 14.3. The van der Waals surface area contributed by atoms with Gasteiger partial charge in [0.15, 0.2) is 0 Å². The summed E-state index contributed by atoms with van der Waals surface area (Å²) < 4.78 is 0. The van der Waals surface area contributed by atoms with Gasteiger partial charge in [-0.15, -0.1) is 0 Å². The highest BCUT2D eigenvalue weighted by atomic mass is 14.9. The van der Waals surface area contributed by atoms with Crippen LogP contribution in [0.25, 0.3) is 16.7 Å². The van der Waals surface area contributed by atoms with E-state index in [0.717, 1.165) is 12.1 Å². The number of rotatable bonds is 2. The van der Waals surface area contributed by atoms with E-state index in [1.165, 1.54) is 61.3 Å². The highest BCUT2D eigenvalue weighted by Gasteiger charge is 2.55. The smallest absolute Gasteiger partial charge is 0.0692 e. The second kappa shape index (κ2) is 9.50. The average molecular weight is 524 g/mol. The highest BCUT2D eigenvalue weighted by Crippen LogP contribution is 2.66. The van der Waals surface area contributed by atoms with Gasteiger partial charge in [0, 0.05) is 16.9 Å². The third kappa shape index (κ3) is 3.49. The first-order chi connectivity index (χ1) is 20.4. The molecule has 9 rings (SSSR count). The van der Waals surface area contributed by atoms with E-state index in [-0.39, 0.29) is 5.41 Å². The van der Waals surface area contributed by atoms with Crippen LogP contribution in [0, 0.1) is 0 Å². The van der Waals surface area contributed by atoms with Crippen molar-refractivity contribution in [2.24, 2.45) is 0 Å². The van der Waals surface area contributed by atoms with Crippen molar-refractivity contribution in [2.45, 2.75) is 11.8 Å². The molecule has 6 aromatic rings. The molecule has 0 unspecified atom stereocenters. The van der Waals surface area contributed by atoms with Gasteiger partial charge in [0.05, 0.1) is 5.41 Å². The molecule has 0 aromatic heterocycles. The fourth-order valence-corrected chi connectivity index (χ4v) is 7.28. The van der Waals surface area contributed by atoms with Gasteiger partial charge in [-0.3, -0.25) is 0 Å². The lowest BCUT2D eigenvalue weighted by Crippen LogP contribution is -2.28. The summed E-state index contributed by atoms with van der Waals surface area (Å²) in [5, 5.41) is 3.77. The van der Waals surface area contributed by atoms with Gasteiger partial charge in [-0.05, 0) is 74.7 Å². The van der Waals surface area contributed by atoms with E-state index in [1.807, 2.05) is 36.4 Å². The quantitative estimate of drug-likeness (QED) is 0.238. The molecule has 41 heavy (non-hydrogen) atoms. The van der Waals surface area contributed by atoms with Gasteiger partial charge in [0.2, 0.25) is 0 Å². The lowest BCUT2D eigenvalue weighted by atomic mass is 9.69. The van der Waals surface area contributed by atoms with Gasteiger partial charge in [-0.2, -0.15) is 0 Å². The number of allylic oxidation sites excluding steroid dienone is 1. The van der Waals surface area contributed by atoms with E-state index in [1.54, 1.807) is 0 Å². The van der Waals surface area contributed by atoms with Crippen LogP contribution in [0.2, 0.25) is 0 Å². The Hall–Kier alpha value is -5.14. The van der Waals surface area contributed by atoms with E-state index in [2.05, 4.69) is 127 Å². The second-order valence-electron chi connectivity index (χ2n) is 10.9. The first-order valence-corrected chi connectivity index (χ1v) is 14.3. The van der Waals surface area contributed by atoms with Crippen molar-refractivity contribution in [3.63, 3.8) is 0 Å². The predicted octanol–water partition coefficient (Wildman–Crippen LogP) is 9.80. The zero-order valence-electron chi connectivity index (χ0n) is 22.7. The Morgan fingerprint density at radius 2 is 0.951 bits per heavy atom. The van der Waals surface area contributed by atoms with Gasteiger partial charge in [-0.1, -0.05) is 140 Å². The minimum absolute atomic E-state index is 0.259. The maximum Gasteiger partial charge on any atom is 0.0692 e. The lowest BCUT2D eigenvalue weighted by molar-refractivity contribution is 0.745. The lowest BCUT2D eigenvalue weighted by Gasteiger charge is -2.32. The molecular weight excluding hydrogens is 494 g/mol. The number of para-hydroxylation sites is 1. The summed E-state index contributed by atoms with van der Waals surface area (Å²) >= 11 is 0. The van der Waals surface area contributed by atoms with Crippen LogP contribution in [0.15, 0.2) is 163 Å². The molecule has 0 amide bonds. The van der Waals surface area contributed by atoms with Crippen molar-refractivity contribution in [1.82, 2.24) is 0 Å². The predicted molar refractivity (Wildman–Crippen MR) is 171 cm³/mol. The summed E-state index contributed by atoms with van der Waals surface area (Å²) in [5.74, 6) is 0. The summed E-state index contributed by atoms with van der Waals surface area (Å²) in [6.45, 7) is 0. The van der Waals surface area contributed by atoms with Crippen LogP contribution in [0.3, 0.4) is 0 Å². The van der Waals surface area contributed by atoms with Gasteiger partial charge in [-0.25, -0.2) is 0 Å². The summed E-state index contributed by atoms with van der Waals surface area (Å²) in [6, 6.07) is 56.4. The van der Waals surface area contributed by atoms with Crippen LogP contribution in [0.5, 0.6) is 0 Å². The molecule has 0 saturated carbocycles. The molecule has 0 fully saturated rings. The largest absolute Gasteiger partial charge is 0.355 e. The minimum Gasteiger partial charge on any atom is -0.355 e. The maximum atomic E-state index is 3.77. The van der Waals surface area contributed by atoms with Gasteiger partial charge in [0.25, 0.3) is 0 Å². The molecule has 0 radical (unpaired) electrons. The number of hydrogen-bond acceptors (Lipinski definition) is 1. The molecule has 0 saturated heterocycles. The van der Waals surface area contributed by atoms with Crippen molar-refractivity contribution in [3.05, 3.63) is 197 Å². The van der Waals surface area contributed by atoms with Gasteiger partial charge >= 0.3 is 0 Å².